The molecule has 0 atom stereocenters. The van der Waals surface area contributed by atoms with Gasteiger partial charge in [-0.2, -0.15) is 0 Å². The number of phosphoric acid groups is 1. The summed E-state index contributed by atoms with van der Waals surface area (Å²) >= 11 is 0. The smallest absolute Gasteiger partial charge is 0.286 e. The summed E-state index contributed by atoms with van der Waals surface area (Å²) in [6.07, 6.45) is 2.47. The number of hydrogen-bond acceptors (Lipinski definition) is 4. The Morgan fingerprint density at radius 3 is 2.00 bits per heavy atom. The standard InChI is InChI=1S/C7H11O4P/c8-12-9-3-7(4-10-12,5-11-12)6-1-2-6/h6H,1-5H2. The molecule has 0 unspecified atom stereocenters. The quantitative estimate of drug-likeness (QED) is 0.588. The third kappa shape index (κ3) is 0.925. The number of hydrogen-bond donors (Lipinski definition) is 0. The van der Waals surface area contributed by atoms with Crippen molar-refractivity contribution >= 4 is 7.82 Å². The van der Waals surface area contributed by atoms with Crippen LogP contribution in [0.3, 0.4) is 0 Å². The molecule has 5 heteroatoms. The van der Waals surface area contributed by atoms with E-state index in [1.54, 1.807) is 0 Å². The van der Waals surface area contributed by atoms with Crippen molar-refractivity contribution in [3.05, 3.63) is 0 Å². The van der Waals surface area contributed by atoms with Gasteiger partial charge in [-0.25, -0.2) is 4.57 Å². The first-order valence-electron chi connectivity index (χ1n) is 4.26. The lowest BCUT2D eigenvalue weighted by Gasteiger charge is -2.44. The Labute approximate surface area is 70.8 Å². The fourth-order valence-electron chi connectivity index (χ4n) is 1.91. The molecule has 1 aliphatic carbocycles. The van der Waals surface area contributed by atoms with Crippen LogP contribution in [0.2, 0.25) is 0 Å². The topological polar surface area (TPSA) is 44.8 Å². The highest BCUT2D eigenvalue weighted by atomic mass is 31.2. The van der Waals surface area contributed by atoms with Crippen molar-refractivity contribution in [1.29, 1.82) is 0 Å². The van der Waals surface area contributed by atoms with Crippen LogP contribution in [-0.4, -0.2) is 19.8 Å². The van der Waals surface area contributed by atoms with Crippen LogP contribution in [0.15, 0.2) is 0 Å². The van der Waals surface area contributed by atoms with Crippen LogP contribution in [0, 0.1) is 11.3 Å². The molecule has 3 heterocycles. The molecule has 68 valence electrons. The summed E-state index contributed by atoms with van der Waals surface area (Å²) in [5.41, 5.74) is 0.0339. The van der Waals surface area contributed by atoms with Crippen molar-refractivity contribution in [2.75, 3.05) is 19.8 Å². The van der Waals surface area contributed by atoms with Gasteiger partial charge >= 0.3 is 7.82 Å². The van der Waals surface area contributed by atoms with E-state index in [1.807, 2.05) is 0 Å². The van der Waals surface area contributed by atoms with E-state index in [9.17, 15) is 4.57 Å². The van der Waals surface area contributed by atoms with Crippen molar-refractivity contribution in [2.45, 2.75) is 12.8 Å². The summed E-state index contributed by atoms with van der Waals surface area (Å²) in [6, 6.07) is 0. The molecule has 0 spiro atoms. The van der Waals surface area contributed by atoms with E-state index in [0.29, 0.717) is 25.7 Å². The molecule has 4 aliphatic rings. The molecule has 0 aromatic heterocycles. The first-order valence-corrected chi connectivity index (χ1v) is 5.72. The van der Waals surface area contributed by atoms with Crippen molar-refractivity contribution in [3.63, 3.8) is 0 Å². The number of fused-ring (bicyclic) bond motifs is 3. The first-order chi connectivity index (χ1) is 5.73. The van der Waals surface area contributed by atoms with Gasteiger partial charge in [0.1, 0.15) is 0 Å². The van der Waals surface area contributed by atoms with Gasteiger partial charge in [0.15, 0.2) is 0 Å². The molecule has 0 aromatic carbocycles. The molecular weight excluding hydrogens is 179 g/mol. The first kappa shape index (κ1) is 7.51. The third-order valence-electron chi connectivity index (χ3n) is 2.97. The van der Waals surface area contributed by atoms with Gasteiger partial charge in [-0.05, 0) is 18.8 Å². The van der Waals surface area contributed by atoms with Gasteiger partial charge in [0, 0.05) is 5.41 Å². The Morgan fingerprint density at radius 2 is 1.58 bits per heavy atom. The second kappa shape index (κ2) is 2.13. The minimum absolute atomic E-state index is 0.0339. The molecule has 3 aliphatic heterocycles. The average Bonchev–Trinajstić information content (AvgIpc) is 2.89. The Hall–Kier alpha value is 0.110. The predicted octanol–water partition coefficient (Wildman–Crippen LogP) is 1.57. The molecule has 4 rings (SSSR count). The summed E-state index contributed by atoms with van der Waals surface area (Å²) in [5.74, 6) is 0.673. The molecule has 0 aromatic rings. The molecule has 12 heavy (non-hydrogen) atoms. The number of rotatable bonds is 1. The molecule has 0 amide bonds. The summed E-state index contributed by atoms with van der Waals surface area (Å²) in [7, 11) is -3.08. The van der Waals surface area contributed by atoms with Gasteiger partial charge in [-0.3, -0.25) is 13.6 Å². The average molecular weight is 190 g/mol. The summed E-state index contributed by atoms with van der Waals surface area (Å²) in [5, 5.41) is 0. The maximum absolute atomic E-state index is 11.4. The lowest BCUT2D eigenvalue weighted by Crippen LogP contribution is -2.46. The normalized spacial score (nSPS) is 52.7. The van der Waals surface area contributed by atoms with Crippen LogP contribution >= 0.6 is 7.82 Å². The van der Waals surface area contributed by atoms with E-state index >= 15 is 0 Å². The van der Waals surface area contributed by atoms with E-state index < -0.39 is 7.82 Å². The van der Waals surface area contributed by atoms with Crippen molar-refractivity contribution in [1.82, 2.24) is 0 Å². The maximum atomic E-state index is 11.4. The largest absolute Gasteiger partial charge is 0.474 e. The molecule has 3 saturated heterocycles. The minimum Gasteiger partial charge on any atom is -0.286 e. The number of phosphoric ester groups is 1. The Bertz CT molecular complexity index is 229. The van der Waals surface area contributed by atoms with Crippen molar-refractivity contribution in [2.24, 2.45) is 11.3 Å². The van der Waals surface area contributed by atoms with Gasteiger partial charge in [-0.1, -0.05) is 0 Å². The summed E-state index contributed by atoms with van der Waals surface area (Å²) in [6.45, 7) is 1.69. The zero-order valence-corrected chi connectivity index (χ0v) is 7.59. The van der Waals surface area contributed by atoms with Gasteiger partial charge in [0.05, 0.1) is 19.8 Å². The molecule has 1 saturated carbocycles. The minimum atomic E-state index is -3.08. The van der Waals surface area contributed by atoms with Gasteiger partial charge in [-0.15, -0.1) is 0 Å². The maximum Gasteiger partial charge on any atom is 0.474 e. The van der Waals surface area contributed by atoms with Crippen LogP contribution in [0.4, 0.5) is 0 Å². The van der Waals surface area contributed by atoms with E-state index in [1.165, 1.54) is 12.8 Å². The monoisotopic (exact) mass is 190 g/mol. The summed E-state index contributed by atoms with van der Waals surface area (Å²) < 4.78 is 26.6. The van der Waals surface area contributed by atoms with Crippen LogP contribution in [-0.2, 0) is 18.1 Å². The highest BCUT2D eigenvalue weighted by molar-refractivity contribution is 7.48. The lowest BCUT2D eigenvalue weighted by atomic mass is 9.85. The fraction of sp³-hybridized carbons (Fsp3) is 1.00. The molecule has 4 nitrogen and oxygen atoms in total. The molecule has 2 bridgehead atoms. The van der Waals surface area contributed by atoms with E-state index in [4.69, 9.17) is 13.6 Å². The summed E-state index contributed by atoms with van der Waals surface area (Å²) in [4.78, 5) is 0. The van der Waals surface area contributed by atoms with Gasteiger partial charge in [0.25, 0.3) is 0 Å². The van der Waals surface area contributed by atoms with E-state index in [0.717, 1.165) is 0 Å². The highest BCUT2D eigenvalue weighted by Gasteiger charge is 2.56. The third-order valence-corrected chi connectivity index (χ3v) is 4.31. The van der Waals surface area contributed by atoms with Crippen molar-refractivity contribution in [3.8, 4) is 0 Å². The molecule has 4 fully saturated rings. The fourth-order valence-corrected chi connectivity index (χ4v) is 3.38. The zero-order chi connectivity index (χ0) is 8.23. The van der Waals surface area contributed by atoms with E-state index in [2.05, 4.69) is 0 Å². The molecule has 0 radical (unpaired) electrons. The second-order valence-electron chi connectivity index (χ2n) is 3.90. The predicted molar refractivity (Wildman–Crippen MR) is 40.6 cm³/mol. The van der Waals surface area contributed by atoms with Gasteiger partial charge in [0.2, 0.25) is 0 Å². The van der Waals surface area contributed by atoms with Crippen LogP contribution in [0.25, 0.3) is 0 Å². The van der Waals surface area contributed by atoms with Gasteiger partial charge < -0.3 is 0 Å². The lowest BCUT2D eigenvalue weighted by molar-refractivity contribution is -0.105. The Morgan fingerprint density at radius 1 is 1.08 bits per heavy atom. The highest BCUT2D eigenvalue weighted by Crippen LogP contribution is 2.64. The Balaban J connectivity index is 1.87. The Kier molecular flexibility index (Phi) is 1.33. The second-order valence-corrected chi connectivity index (χ2v) is 5.57. The van der Waals surface area contributed by atoms with Crippen molar-refractivity contribution < 1.29 is 18.1 Å². The zero-order valence-electron chi connectivity index (χ0n) is 6.69. The van der Waals surface area contributed by atoms with Crippen LogP contribution in [0.1, 0.15) is 12.8 Å². The SMILES string of the molecule is O=P12OCC(C3CC3)(CO1)CO2. The molecule has 0 N–H and O–H groups in total. The van der Waals surface area contributed by atoms with Crippen LogP contribution in [0.5, 0.6) is 0 Å². The molecular formula is C7H11O4P. The van der Waals surface area contributed by atoms with Crippen LogP contribution < -0.4 is 0 Å². The van der Waals surface area contributed by atoms with E-state index in [-0.39, 0.29) is 5.41 Å².